The van der Waals surface area contributed by atoms with E-state index in [1.54, 1.807) is 0 Å². The lowest BCUT2D eigenvalue weighted by atomic mass is 10.2. The molecule has 0 bridgehead atoms. The summed E-state index contributed by atoms with van der Waals surface area (Å²) in [7, 11) is 0. The minimum Gasteiger partial charge on any atom is -0.485 e. The fraction of sp³-hybridized carbons (Fsp3) is 0.435. The summed E-state index contributed by atoms with van der Waals surface area (Å²) in [4.78, 5) is 6.82. The monoisotopic (exact) mass is 419 g/mol. The lowest BCUT2D eigenvalue weighted by Crippen LogP contribution is -2.25. The van der Waals surface area contributed by atoms with Crippen molar-refractivity contribution in [2.75, 3.05) is 19.6 Å². The van der Waals surface area contributed by atoms with E-state index in [9.17, 15) is 13.2 Å². The van der Waals surface area contributed by atoms with Gasteiger partial charge in [-0.3, -0.25) is 0 Å². The Morgan fingerprint density at radius 3 is 2.47 bits per heavy atom. The van der Waals surface area contributed by atoms with Crippen LogP contribution in [0.4, 0.5) is 13.2 Å². The summed E-state index contributed by atoms with van der Waals surface area (Å²) in [6, 6.07) is 11.4. The van der Waals surface area contributed by atoms with Gasteiger partial charge in [0.25, 0.3) is 0 Å². The van der Waals surface area contributed by atoms with Crippen molar-refractivity contribution in [3.8, 4) is 5.75 Å². The lowest BCUT2D eigenvalue weighted by molar-refractivity contribution is -0.137. The molecule has 0 unspecified atom stereocenters. The van der Waals surface area contributed by atoms with E-state index < -0.39 is 11.7 Å². The molecule has 162 valence electrons. The largest absolute Gasteiger partial charge is 0.485 e. The molecule has 0 N–H and O–H groups in total. The van der Waals surface area contributed by atoms with Gasteiger partial charge in [0.15, 0.2) is 0 Å². The van der Waals surface area contributed by atoms with E-state index in [-0.39, 0.29) is 6.61 Å². The van der Waals surface area contributed by atoms with Gasteiger partial charge in [-0.1, -0.05) is 32.0 Å². The zero-order valence-electron chi connectivity index (χ0n) is 17.7. The highest BCUT2D eigenvalue weighted by molar-refractivity contribution is 5.77. The second-order valence-electron chi connectivity index (χ2n) is 7.32. The third kappa shape index (κ3) is 5.14. The van der Waals surface area contributed by atoms with Crippen LogP contribution in [-0.2, 0) is 19.3 Å². The zero-order valence-corrected chi connectivity index (χ0v) is 17.7. The minimum absolute atomic E-state index is 0.201. The fourth-order valence-electron chi connectivity index (χ4n) is 3.57. The molecule has 30 heavy (non-hydrogen) atoms. The van der Waals surface area contributed by atoms with Crippen LogP contribution in [0.2, 0.25) is 0 Å². The second kappa shape index (κ2) is 9.51. The molecule has 0 aliphatic rings. The highest BCUT2D eigenvalue weighted by Crippen LogP contribution is 2.32. The molecule has 0 amide bonds. The molecule has 0 aliphatic heterocycles. The molecule has 0 fully saturated rings. The molecule has 1 heterocycles. The SMILES string of the molecule is CCN(CC)CCCn1c(COc2ccccc2C)nc2cc(C(F)(F)F)ccc21. The van der Waals surface area contributed by atoms with Crippen LogP contribution in [0.5, 0.6) is 5.75 Å². The Hall–Kier alpha value is -2.54. The molecule has 0 spiro atoms. The number of aromatic nitrogens is 2. The van der Waals surface area contributed by atoms with Gasteiger partial charge in [0.1, 0.15) is 18.2 Å². The van der Waals surface area contributed by atoms with Crippen LogP contribution < -0.4 is 4.74 Å². The third-order valence-electron chi connectivity index (χ3n) is 5.36. The molecular formula is C23H28F3N3O. The predicted molar refractivity (Wildman–Crippen MR) is 113 cm³/mol. The number of para-hydroxylation sites is 1. The van der Waals surface area contributed by atoms with Crippen molar-refractivity contribution >= 4 is 11.0 Å². The molecule has 4 nitrogen and oxygen atoms in total. The van der Waals surface area contributed by atoms with E-state index in [4.69, 9.17) is 4.74 Å². The number of ether oxygens (including phenoxy) is 1. The first-order valence-corrected chi connectivity index (χ1v) is 10.3. The number of halogens is 3. The fourth-order valence-corrected chi connectivity index (χ4v) is 3.57. The molecule has 3 rings (SSSR count). The number of alkyl halides is 3. The molecule has 0 aliphatic carbocycles. The number of benzene rings is 2. The summed E-state index contributed by atoms with van der Waals surface area (Å²) in [6.07, 6.45) is -3.51. The summed E-state index contributed by atoms with van der Waals surface area (Å²) in [5, 5.41) is 0. The Kier molecular flexibility index (Phi) is 7.02. The van der Waals surface area contributed by atoms with Crippen LogP contribution in [0.15, 0.2) is 42.5 Å². The van der Waals surface area contributed by atoms with Gasteiger partial charge in [-0.2, -0.15) is 13.2 Å². The van der Waals surface area contributed by atoms with Crippen LogP contribution in [0.25, 0.3) is 11.0 Å². The van der Waals surface area contributed by atoms with Crippen molar-refractivity contribution in [2.24, 2.45) is 0 Å². The standard InChI is InChI=1S/C23H28F3N3O/c1-4-28(5-2)13-8-14-29-20-12-11-18(23(24,25)26)15-19(20)27-22(29)16-30-21-10-7-6-9-17(21)3/h6-7,9-12,15H,4-5,8,13-14,16H2,1-3H3. The van der Waals surface area contributed by atoms with Crippen LogP contribution in [0.1, 0.15) is 37.2 Å². The number of hydrogen-bond donors (Lipinski definition) is 0. The number of fused-ring (bicyclic) bond motifs is 1. The highest BCUT2D eigenvalue weighted by atomic mass is 19.4. The van der Waals surface area contributed by atoms with Gasteiger partial charge in [-0.15, -0.1) is 0 Å². The Bertz CT molecular complexity index is 977. The van der Waals surface area contributed by atoms with Crippen LogP contribution in [0.3, 0.4) is 0 Å². The average Bonchev–Trinajstić information content (AvgIpc) is 3.07. The molecular weight excluding hydrogens is 391 g/mol. The number of aryl methyl sites for hydroxylation is 2. The topological polar surface area (TPSA) is 30.3 Å². The van der Waals surface area contributed by atoms with Crippen molar-refractivity contribution in [3.05, 3.63) is 59.4 Å². The van der Waals surface area contributed by atoms with Crippen molar-refractivity contribution in [1.29, 1.82) is 0 Å². The maximum absolute atomic E-state index is 13.1. The smallest absolute Gasteiger partial charge is 0.416 e. The number of rotatable bonds is 9. The molecule has 0 atom stereocenters. The molecule has 0 saturated carbocycles. The predicted octanol–water partition coefficient (Wildman–Crippen LogP) is 5.67. The van der Waals surface area contributed by atoms with Gasteiger partial charge in [0, 0.05) is 6.54 Å². The molecule has 0 radical (unpaired) electrons. The van der Waals surface area contributed by atoms with Crippen LogP contribution in [0, 0.1) is 6.92 Å². The van der Waals surface area contributed by atoms with Gasteiger partial charge >= 0.3 is 6.18 Å². The summed E-state index contributed by atoms with van der Waals surface area (Å²) in [5.74, 6) is 1.38. The normalized spacial score (nSPS) is 12.1. The maximum Gasteiger partial charge on any atom is 0.416 e. The summed E-state index contributed by atoms with van der Waals surface area (Å²) < 4.78 is 47.4. The molecule has 3 aromatic rings. The Balaban J connectivity index is 1.88. The van der Waals surface area contributed by atoms with E-state index in [2.05, 4.69) is 23.7 Å². The van der Waals surface area contributed by atoms with Crippen molar-refractivity contribution in [2.45, 2.75) is 46.5 Å². The first kappa shape index (κ1) is 22.2. The van der Waals surface area contributed by atoms with Crippen LogP contribution >= 0.6 is 0 Å². The number of nitrogens with zero attached hydrogens (tertiary/aromatic N) is 3. The first-order valence-electron chi connectivity index (χ1n) is 10.3. The minimum atomic E-state index is -4.39. The molecule has 7 heteroatoms. The molecule has 0 saturated heterocycles. The van der Waals surface area contributed by atoms with E-state index in [0.29, 0.717) is 23.4 Å². The highest BCUT2D eigenvalue weighted by Gasteiger charge is 2.31. The van der Waals surface area contributed by atoms with Crippen molar-refractivity contribution in [1.82, 2.24) is 14.5 Å². The summed E-state index contributed by atoms with van der Waals surface area (Å²) in [6.45, 7) is 9.94. The lowest BCUT2D eigenvalue weighted by Gasteiger charge is -2.18. The van der Waals surface area contributed by atoms with Gasteiger partial charge < -0.3 is 14.2 Å². The van der Waals surface area contributed by atoms with Gasteiger partial charge in [0.05, 0.1) is 16.6 Å². The third-order valence-corrected chi connectivity index (χ3v) is 5.36. The van der Waals surface area contributed by atoms with Crippen molar-refractivity contribution in [3.63, 3.8) is 0 Å². The number of hydrogen-bond acceptors (Lipinski definition) is 3. The van der Waals surface area contributed by atoms with E-state index in [0.717, 1.165) is 49.5 Å². The van der Waals surface area contributed by atoms with E-state index in [1.165, 1.54) is 6.07 Å². The second-order valence-corrected chi connectivity index (χ2v) is 7.32. The van der Waals surface area contributed by atoms with Gasteiger partial charge in [-0.05, 0) is 62.8 Å². The Labute approximate surface area is 175 Å². The maximum atomic E-state index is 13.1. The summed E-state index contributed by atoms with van der Waals surface area (Å²) in [5.41, 5.74) is 1.36. The average molecular weight is 419 g/mol. The Morgan fingerprint density at radius 2 is 1.80 bits per heavy atom. The summed E-state index contributed by atoms with van der Waals surface area (Å²) >= 11 is 0. The molecule has 1 aromatic heterocycles. The van der Waals surface area contributed by atoms with Gasteiger partial charge in [0.2, 0.25) is 0 Å². The first-order chi connectivity index (χ1) is 14.3. The quantitative estimate of drug-likeness (QED) is 0.447. The zero-order chi connectivity index (χ0) is 21.7. The van der Waals surface area contributed by atoms with Crippen molar-refractivity contribution < 1.29 is 17.9 Å². The van der Waals surface area contributed by atoms with Crippen LogP contribution in [-0.4, -0.2) is 34.1 Å². The van der Waals surface area contributed by atoms with E-state index in [1.807, 2.05) is 35.8 Å². The van der Waals surface area contributed by atoms with E-state index >= 15 is 0 Å². The number of imidazole rings is 1. The van der Waals surface area contributed by atoms with Gasteiger partial charge in [-0.25, -0.2) is 4.98 Å². The molecule has 2 aromatic carbocycles. The Morgan fingerprint density at radius 1 is 1.07 bits per heavy atom.